The molecule has 2 saturated heterocycles. The predicted molar refractivity (Wildman–Crippen MR) is 102 cm³/mol. The van der Waals surface area contributed by atoms with Crippen LogP contribution in [-0.4, -0.2) is 62.3 Å². The Bertz CT molecular complexity index is 581. The second-order valence-corrected chi connectivity index (χ2v) is 7.36. The highest BCUT2D eigenvalue weighted by molar-refractivity contribution is 5.28. The number of piperidine rings is 1. The average Bonchev–Trinajstić information content (AvgIpc) is 2.69. The number of ether oxygens (including phenoxy) is 2. The Kier molecular flexibility index (Phi) is 7.75. The maximum absolute atomic E-state index is 9.14. The zero-order valence-electron chi connectivity index (χ0n) is 15.7. The van der Waals surface area contributed by atoms with Crippen molar-refractivity contribution in [3.8, 4) is 11.8 Å². The van der Waals surface area contributed by atoms with Crippen LogP contribution in [-0.2, 0) is 11.3 Å². The Balaban J connectivity index is 1.36. The molecule has 5 nitrogen and oxygen atoms in total. The molecule has 2 aliphatic rings. The Labute approximate surface area is 157 Å². The molecule has 5 heteroatoms. The van der Waals surface area contributed by atoms with Gasteiger partial charge in [-0.25, -0.2) is 0 Å². The lowest BCUT2D eigenvalue weighted by molar-refractivity contribution is 0.0368. The number of likely N-dealkylation sites (tertiary alicyclic amines) is 1. The van der Waals surface area contributed by atoms with Gasteiger partial charge in [0.2, 0.25) is 0 Å². The molecule has 0 bridgehead atoms. The third-order valence-electron chi connectivity index (χ3n) is 5.23. The summed E-state index contributed by atoms with van der Waals surface area (Å²) >= 11 is 0. The third kappa shape index (κ3) is 6.28. The SMILES string of the molecule is N#CC1CCCN(Cc2cccc(OCCCCN3CCOCC3)c2)C1. The van der Waals surface area contributed by atoms with Gasteiger partial charge in [-0.15, -0.1) is 0 Å². The number of hydrogen-bond acceptors (Lipinski definition) is 5. The van der Waals surface area contributed by atoms with Gasteiger partial charge in [-0.3, -0.25) is 9.80 Å². The predicted octanol–water partition coefficient (Wildman–Crippen LogP) is 2.91. The first-order chi connectivity index (χ1) is 12.8. The van der Waals surface area contributed by atoms with Crippen molar-refractivity contribution >= 4 is 0 Å². The topological polar surface area (TPSA) is 48.7 Å². The molecule has 0 aromatic heterocycles. The van der Waals surface area contributed by atoms with E-state index in [0.29, 0.717) is 0 Å². The van der Waals surface area contributed by atoms with Crippen molar-refractivity contribution in [1.82, 2.24) is 9.80 Å². The Morgan fingerprint density at radius 1 is 1.15 bits per heavy atom. The van der Waals surface area contributed by atoms with Gasteiger partial charge in [0.1, 0.15) is 5.75 Å². The molecule has 0 saturated carbocycles. The van der Waals surface area contributed by atoms with Crippen LogP contribution in [0.15, 0.2) is 24.3 Å². The number of unbranched alkanes of at least 4 members (excludes halogenated alkanes) is 1. The van der Waals surface area contributed by atoms with Crippen LogP contribution in [0.25, 0.3) is 0 Å². The molecule has 0 amide bonds. The summed E-state index contributed by atoms with van der Waals surface area (Å²) in [5, 5.41) is 9.14. The maximum atomic E-state index is 9.14. The van der Waals surface area contributed by atoms with Crippen LogP contribution in [0.4, 0.5) is 0 Å². The highest BCUT2D eigenvalue weighted by Gasteiger charge is 2.19. The largest absolute Gasteiger partial charge is 0.494 e. The minimum absolute atomic E-state index is 0.189. The zero-order chi connectivity index (χ0) is 18.0. The van der Waals surface area contributed by atoms with Crippen LogP contribution in [0.3, 0.4) is 0 Å². The zero-order valence-corrected chi connectivity index (χ0v) is 15.7. The van der Waals surface area contributed by atoms with Gasteiger partial charge in [-0.1, -0.05) is 12.1 Å². The molecule has 0 aliphatic carbocycles. The first-order valence-corrected chi connectivity index (χ1v) is 9.97. The van der Waals surface area contributed by atoms with Crippen LogP contribution >= 0.6 is 0 Å². The normalized spacial score (nSPS) is 22.0. The van der Waals surface area contributed by atoms with Gasteiger partial charge >= 0.3 is 0 Å². The van der Waals surface area contributed by atoms with Crippen LogP contribution in [0, 0.1) is 17.2 Å². The molecule has 142 valence electrons. The van der Waals surface area contributed by atoms with E-state index >= 15 is 0 Å². The van der Waals surface area contributed by atoms with Crippen molar-refractivity contribution in [3.05, 3.63) is 29.8 Å². The number of morpholine rings is 1. The van der Waals surface area contributed by atoms with E-state index < -0.39 is 0 Å². The highest BCUT2D eigenvalue weighted by atomic mass is 16.5. The fourth-order valence-electron chi connectivity index (χ4n) is 3.75. The van der Waals surface area contributed by atoms with E-state index in [1.54, 1.807) is 0 Å². The summed E-state index contributed by atoms with van der Waals surface area (Å²) in [5.74, 6) is 1.15. The number of hydrogen-bond donors (Lipinski definition) is 0. The summed E-state index contributed by atoms with van der Waals surface area (Å²) < 4.78 is 11.3. The summed E-state index contributed by atoms with van der Waals surface area (Å²) in [4.78, 5) is 4.86. The first kappa shape index (κ1) is 19.2. The molecule has 26 heavy (non-hydrogen) atoms. The standard InChI is InChI=1S/C21H31N3O2/c22-16-20-6-4-9-24(18-20)17-19-5-3-7-21(15-19)26-12-2-1-8-23-10-13-25-14-11-23/h3,5,7,15,20H,1-2,4,6,8-14,17-18H2. The average molecular weight is 357 g/mol. The number of nitriles is 1. The number of benzene rings is 1. The fraction of sp³-hybridized carbons (Fsp3) is 0.667. The van der Waals surface area contributed by atoms with Crippen LogP contribution in [0.2, 0.25) is 0 Å². The van der Waals surface area contributed by atoms with Crippen molar-refractivity contribution in [1.29, 1.82) is 5.26 Å². The molecular formula is C21H31N3O2. The van der Waals surface area contributed by atoms with Crippen molar-refractivity contribution in [2.45, 2.75) is 32.2 Å². The van der Waals surface area contributed by atoms with Crippen molar-refractivity contribution in [2.24, 2.45) is 5.92 Å². The van der Waals surface area contributed by atoms with E-state index in [-0.39, 0.29) is 5.92 Å². The van der Waals surface area contributed by atoms with Crippen molar-refractivity contribution < 1.29 is 9.47 Å². The van der Waals surface area contributed by atoms with E-state index in [2.05, 4.69) is 34.1 Å². The van der Waals surface area contributed by atoms with E-state index in [1.165, 1.54) is 12.0 Å². The van der Waals surface area contributed by atoms with Gasteiger partial charge in [0.15, 0.2) is 0 Å². The molecule has 2 aliphatic heterocycles. The molecule has 1 atom stereocenters. The first-order valence-electron chi connectivity index (χ1n) is 9.97. The monoisotopic (exact) mass is 357 g/mol. The summed E-state index contributed by atoms with van der Waals surface area (Å²) in [6, 6.07) is 10.8. The molecule has 2 fully saturated rings. The second kappa shape index (κ2) is 10.5. The van der Waals surface area contributed by atoms with Gasteiger partial charge < -0.3 is 9.47 Å². The van der Waals surface area contributed by atoms with Gasteiger partial charge in [-0.2, -0.15) is 5.26 Å². The van der Waals surface area contributed by atoms with E-state index in [4.69, 9.17) is 14.7 Å². The van der Waals surface area contributed by atoms with Crippen LogP contribution in [0.5, 0.6) is 5.75 Å². The molecule has 0 N–H and O–H groups in total. The molecule has 1 unspecified atom stereocenters. The lowest BCUT2D eigenvalue weighted by Crippen LogP contribution is -2.36. The minimum atomic E-state index is 0.189. The Hall–Kier alpha value is -1.61. The molecule has 1 aromatic carbocycles. The van der Waals surface area contributed by atoms with E-state index in [9.17, 15) is 0 Å². The lowest BCUT2D eigenvalue weighted by atomic mass is 9.99. The molecular weight excluding hydrogens is 326 g/mol. The summed E-state index contributed by atoms with van der Waals surface area (Å²) in [5.41, 5.74) is 1.27. The van der Waals surface area contributed by atoms with Crippen LogP contribution < -0.4 is 4.74 Å². The molecule has 0 spiro atoms. The minimum Gasteiger partial charge on any atom is -0.494 e. The smallest absolute Gasteiger partial charge is 0.119 e. The van der Waals surface area contributed by atoms with Gasteiger partial charge in [0.05, 0.1) is 31.8 Å². The van der Waals surface area contributed by atoms with Crippen molar-refractivity contribution in [2.75, 3.05) is 52.5 Å². The van der Waals surface area contributed by atoms with Gasteiger partial charge in [0.25, 0.3) is 0 Å². The second-order valence-electron chi connectivity index (χ2n) is 7.36. The van der Waals surface area contributed by atoms with E-state index in [1.807, 2.05) is 6.07 Å². The summed E-state index contributed by atoms with van der Waals surface area (Å²) in [7, 11) is 0. The third-order valence-corrected chi connectivity index (χ3v) is 5.23. The van der Waals surface area contributed by atoms with Crippen molar-refractivity contribution in [3.63, 3.8) is 0 Å². The highest BCUT2D eigenvalue weighted by Crippen LogP contribution is 2.20. The van der Waals surface area contributed by atoms with Gasteiger partial charge in [0, 0.05) is 26.2 Å². The summed E-state index contributed by atoms with van der Waals surface area (Å²) in [6.45, 7) is 8.67. The Morgan fingerprint density at radius 3 is 2.88 bits per heavy atom. The molecule has 0 radical (unpaired) electrons. The maximum Gasteiger partial charge on any atom is 0.119 e. The molecule has 2 heterocycles. The van der Waals surface area contributed by atoms with E-state index in [0.717, 1.165) is 84.1 Å². The number of rotatable bonds is 8. The molecule has 3 rings (SSSR count). The fourth-order valence-corrected chi connectivity index (χ4v) is 3.75. The Morgan fingerprint density at radius 2 is 2.04 bits per heavy atom. The lowest BCUT2D eigenvalue weighted by Gasteiger charge is -2.29. The number of nitrogens with zero attached hydrogens (tertiary/aromatic N) is 3. The quantitative estimate of drug-likeness (QED) is 0.670. The summed E-state index contributed by atoms with van der Waals surface area (Å²) in [6.07, 6.45) is 4.42. The van der Waals surface area contributed by atoms with Gasteiger partial charge in [-0.05, 0) is 56.5 Å². The molecule has 1 aromatic rings. The van der Waals surface area contributed by atoms with Crippen LogP contribution in [0.1, 0.15) is 31.2 Å².